The Morgan fingerprint density at radius 3 is 2.73 bits per heavy atom. The second kappa shape index (κ2) is 5.13. The minimum absolute atomic E-state index is 0.177. The molecule has 1 N–H and O–H groups in total. The van der Waals surface area contributed by atoms with Crippen LogP contribution < -0.4 is 0 Å². The lowest BCUT2D eigenvalue weighted by Crippen LogP contribution is -2.49. The fourth-order valence-electron chi connectivity index (χ4n) is 2.51. The van der Waals surface area contributed by atoms with Crippen molar-refractivity contribution in [1.29, 1.82) is 0 Å². The molecule has 0 radical (unpaired) electrons. The summed E-state index contributed by atoms with van der Waals surface area (Å²) in [5.74, 6) is 0. The lowest BCUT2D eigenvalue weighted by Gasteiger charge is -2.39. The highest BCUT2D eigenvalue weighted by molar-refractivity contribution is 4.92. The zero-order valence-electron chi connectivity index (χ0n) is 10.4. The number of nitrogens with zero attached hydrogens (tertiary/aromatic N) is 1. The van der Waals surface area contributed by atoms with E-state index in [1.54, 1.807) is 0 Å². The van der Waals surface area contributed by atoms with Crippen LogP contribution in [-0.2, 0) is 0 Å². The second-order valence-corrected chi connectivity index (χ2v) is 5.51. The predicted octanol–water partition coefficient (Wildman–Crippen LogP) is 2.58. The monoisotopic (exact) mass is 211 g/mol. The Morgan fingerprint density at radius 1 is 1.53 bits per heavy atom. The van der Waals surface area contributed by atoms with E-state index in [1.807, 2.05) is 6.08 Å². The van der Waals surface area contributed by atoms with E-state index in [4.69, 9.17) is 0 Å². The summed E-state index contributed by atoms with van der Waals surface area (Å²) in [5, 5.41) is 10.1. The van der Waals surface area contributed by atoms with E-state index >= 15 is 0 Å². The Kier molecular flexibility index (Phi) is 4.35. The molecular formula is C13H25NO. The zero-order valence-corrected chi connectivity index (χ0v) is 10.4. The molecule has 1 saturated heterocycles. The van der Waals surface area contributed by atoms with Gasteiger partial charge in [0.05, 0.1) is 6.10 Å². The topological polar surface area (TPSA) is 23.5 Å². The molecule has 0 spiro atoms. The van der Waals surface area contributed by atoms with E-state index in [0.29, 0.717) is 6.04 Å². The summed E-state index contributed by atoms with van der Waals surface area (Å²) in [4.78, 5) is 2.45. The van der Waals surface area contributed by atoms with Gasteiger partial charge in [-0.15, -0.1) is 6.58 Å². The van der Waals surface area contributed by atoms with Crippen LogP contribution in [0.5, 0.6) is 0 Å². The highest BCUT2D eigenvalue weighted by atomic mass is 16.3. The molecule has 0 amide bonds. The van der Waals surface area contributed by atoms with Crippen LogP contribution in [0.1, 0.15) is 46.5 Å². The summed E-state index contributed by atoms with van der Waals surface area (Å²) in [6, 6.07) is 0.352. The maximum Gasteiger partial charge on any atom is 0.0698 e. The van der Waals surface area contributed by atoms with E-state index in [0.717, 1.165) is 25.8 Å². The van der Waals surface area contributed by atoms with Gasteiger partial charge in [0.25, 0.3) is 0 Å². The molecule has 2 heteroatoms. The maximum atomic E-state index is 10.1. The van der Waals surface area contributed by atoms with Crippen LogP contribution in [0.4, 0.5) is 0 Å². The number of hydrogen-bond donors (Lipinski definition) is 1. The third-order valence-electron chi connectivity index (χ3n) is 3.27. The summed E-state index contributed by atoms with van der Waals surface area (Å²) in [6.07, 6.45) is 5.81. The van der Waals surface area contributed by atoms with Gasteiger partial charge < -0.3 is 5.11 Å². The first-order valence-corrected chi connectivity index (χ1v) is 6.02. The number of likely N-dealkylation sites (tertiary alicyclic amines) is 1. The summed E-state index contributed by atoms with van der Waals surface area (Å²) in [5.41, 5.74) is 0.177. The van der Waals surface area contributed by atoms with Crippen molar-refractivity contribution in [2.75, 3.05) is 6.54 Å². The molecule has 1 rings (SSSR count). The standard InChI is InChI=1S/C13H25NO/c1-5-6-9-12(15)11-8-7-10-14(11)13(2,3)4/h5,11-12,15H,1,6-10H2,2-4H3/t11-,12?/m0/s1. The van der Waals surface area contributed by atoms with Crippen LogP contribution in [0.2, 0.25) is 0 Å². The molecule has 88 valence electrons. The first-order valence-electron chi connectivity index (χ1n) is 6.02. The van der Waals surface area contributed by atoms with Crippen LogP contribution in [0.15, 0.2) is 12.7 Å². The van der Waals surface area contributed by atoms with Gasteiger partial charge in [-0.2, -0.15) is 0 Å². The normalized spacial score (nSPS) is 25.5. The van der Waals surface area contributed by atoms with Gasteiger partial charge in [-0.3, -0.25) is 4.90 Å². The number of allylic oxidation sites excluding steroid dienone is 1. The van der Waals surface area contributed by atoms with Gasteiger partial charge in [-0.1, -0.05) is 6.08 Å². The van der Waals surface area contributed by atoms with E-state index in [-0.39, 0.29) is 11.6 Å². The molecule has 0 aromatic rings. The van der Waals surface area contributed by atoms with Crippen molar-refractivity contribution >= 4 is 0 Å². The van der Waals surface area contributed by atoms with Crippen molar-refractivity contribution in [2.45, 2.75) is 64.1 Å². The average molecular weight is 211 g/mol. The summed E-state index contributed by atoms with van der Waals surface area (Å²) >= 11 is 0. The molecule has 0 saturated carbocycles. The van der Waals surface area contributed by atoms with Gasteiger partial charge in [0, 0.05) is 11.6 Å². The van der Waals surface area contributed by atoms with Crippen molar-refractivity contribution in [3.8, 4) is 0 Å². The number of aliphatic hydroxyl groups is 1. The minimum atomic E-state index is -0.190. The quantitative estimate of drug-likeness (QED) is 0.722. The average Bonchev–Trinajstić information content (AvgIpc) is 2.61. The maximum absolute atomic E-state index is 10.1. The first kappa shape index (κ1) is 12.7. The van der Waals surface area contributed by atoms with Crippen molar-refractivity contribution in [3.63, 3.8) is 0 Å². The molecule has 1 fully saturated rings. The zero-order chi connectivity index (χ0) is 11.5. The second-order valence-electron chi connectivity index (χ2n) is 5.51. The molecule has 2 nitrogen and oxygen atoms in total. The summed E-state index contributed by atoms with van der Waals surface area (Å²) in [6.45, 7) is 11.5. The molecule has 2 atom stereocenters. The Bertz CT molecular complexity index is 207. The number of hydrogen-bond acceptors (Lipinski definition) is 2. The van der Waals surface area contributed by atoms with Crippen molar-refractivity contribution < 1.29 is 5.11 Å². The Balaban J connectivity index is 2.56. The molecule has 0 aromatic heterocycles. The Hall–Kier alpha value is -0.340. The largest absolute Gasteiger partial charge is 0.391 e. The highest BCUT2D eigenvalue weighted by Crippen LogP contribution is 2.29. The van der Waals surface area contributed by atoms with Crippen molar-refractivity contribution in [3.05, 3.63) is 12.7 Å². The molecule has 1 aliphatic rings. The predicted molar refractivity (Wildman–Crippen MR) is 64.9 cm³/mol. The van der Waals surface area contributed by atoms with Gasteiger partial charge in [0.1, 0.15) is 0 Å². The third-order valence-corrected chi connectivity index (χ3v) is 3.27. The van der Waals surface area contributed by atoms with Gasteiger partial charge >= 0.3 is 0 Å². The van der Waals surface area contributed by atoms with Crippen LogP contribution in [0, 0.1) is 0 Å². The third kappa shape index (κ3) is 3.32. The van der Waals surface area contributed by atoms with Crippen LogP contribution in [0.3, 0.4) is 0 Å². The first-order chi connectivity index (χ1) is 6.96. The lowest BCUT2D eigenvalue weighted by atomic mass is 9.99. The molecular weight excluding hydrogens is 186 g/mol. The Morgan fingerprint density at radius 2 is 2.20 bits per heavy atom. The number of aliphatic hydroxyl groups excluding tert-OH is 1. The number of rotatable bonds is 4. The molecule has 1 aliphatic heterocycles. The Labute approximate surface area is 94.0 Å². The van der Waals surface area contributed by atoms with Crippen molar-refractivity contribution in [2.24, 2.45) is 0 Å². The molecule has 0 bridgehead atoms. The fraction of sp³-hybridized carbons (Fsp3) is 0.846. The molecule has 1 unspecified atom stereocenters. The molecule has 0 aromatic carbocycles. The van der Waals surface area contributed by atoms with Crippen LogP contribution in [-0.4, -0.2) is 34.2 Å². The van der Waals surface area contributed by atoms with Crippen LogP contribution >= 0.6 is 0 Å². The molecule has 15 heavy (non-hydrogen) atoms. The van der Waals surface area contributed by atoms with Crippen molar-refractivity contribution in [1.82, 2.24) is 4.90 Å². The van der Waals surface area contributed by atoms with Gasteiger partial charge in [-0.05, 0) is 53.0 Å². The highest BCUT2D eigenvalue weighted by Gasteiger charge is 2.36. The summed E-state index contributed by atoms with van der Waals surface area (Å²) < 4.78 is 0. The molecule has 1 heterocycles. The lowest BCUT2D eigenvalue weighted by molar-refractivity contribution is 0.0222. The van der Waals surface area contributed by atoms with E-state index in [1.165, 1.54) is 6.42 Å². The van der Waals surface area contributed by atoms with E-state index in [9.17, 15) is 5.11 Å². The summed E-state index contributed by atoms with van der Waals surface area (Å²) in [7, 11) is 0. The van der Waals surface area contributed by atoms with Gasteiger partial charge in [-0.25, -0.2) is 0 Å². The fourth-order valence-corrected chi connectivity index (χ4v) is 2.51. The van der Waals surface area contributed by atoms with Crippen LogP contribution in [0.25, 0.3) is 0 Å². The smallest absolute Gasteiger partial charge is 0.0698 e. The van der Waals surface area contributed by atoms with E-state index < -0.39 is 0 Å². The van der Waals surface area contributed by atoms with Gasteiger partial charge in [0.2, 0.25) is 0 Å². The van der Waals surface area contributed by atoms with Gasteiger partial charge in [0.15, 0.2) is 0 Å². The SMILES string of the molecule is C=CCCC(O)[C@@H]1CCCN1C(C)(C)C. The van der Waals surface area contributed by atoms with E-state index in [2.05, 4.69) is 32.3 Å². The minimum Gasteiger partial charge on any atom is -0.391 e. The molecule has 0 aliphatic carbocycles.